The Morgan fingerprint density at radius 3 is 2.00 bits per heavy atom. The number of pyridine rings is 1. The van der Waals surface area contributed by atoms with Gasteiger partial charge in [-0.3, -0.25) is 0 Å². The second-order valence-corrected chi connectivity index (χ2v) is 3.43. The lowest BCUT2D eigenvalue weighted by molar-refractivity contribution is -0.277. The molecule has 1 aromatic heterocycles. The summed E-state index contributed by atoms with van der Waals surface area (Å²) in [6, 6.07) is 0. The van der Waals surface area contributed by atoms with E-state index >= 15 is 0 Å². The molecule has 1 rings (SSSR count). The SMILES string of the molecule is FC(F)c1cnc(OC(F)(F)F)c(C(F)(F)F)c1Cl. The van der Waals surface area contributed by atoms with Crippen LogP contribution in [0.3, 0.4) is 0 Å². The molecule has 0 unspecified atom stereocenters. The third kappa shape index (κ3) is 3.82. The van der Waals surface area contributed by atoms with Crippen LogP contribution >= 0.6 is 11.6 Å². The van der Waals surface area contributed by atoms with Gasteiger partial charge < -0.3 is 4.74 Å². The quantitative estimate of drug-likeness (QED) is 0.745. The van der Waals surface area contributed by atoms with Crippen LogP contribution in [0.15, 0.2) is 6.20 Å². The first-order valence-corrected chi connectivity index (χ1v) is 4.60. The Kier molecular flexibility index (Phi) is 4.13. The summed E-state index contributed by atoms with van der Waals surface area (Å²) in [5.41, 5.74) is -3.55. The summed E-state index contributed by atoms with van der Waals surface area (Å²) >= 11 is 5.04. The molecule has 0 N–H and O–H groups in total. The van der Waals surface area contributed by atoms with Gasteiger partial charge in [0.1, 0.15) is 5.56 Å². The molecule has 11 heteroatoms. The first kappa shape index (κ1) is 15.7. The highest BCUT2D eigenvalue weighted by Gasteiger charge is 2.43. The maximum atomic E-state index is 12.5. The summed E-state index contributed by atoms with van der Waals surface area (Å²) in [4.78, 5) is 2.59. The zero-order chi connectivity index (χ0) is 15.0. The van der Waals surface area contributed by atoms with Gasteiger partial charge in [-0.2, -0.15) is 13.2 Å². The molecule has 2 nitrogen and oxygen atoms in total. The van der Waals surface area contributed by atoms with Crippen molar-refractivity contribution in [3.05, 3.63) is 22.3 Å². The maximum absolute atomic E-state index is 12.5. The third-order valence-electron chi connectivity index (χ3n) is 1.74. The fourth-order valence-electron chi connectivity index (χ4n) is 1.07. The normalized spacial score (nSPS) is 12.9. The van der Waals surface area contributed by atoms with Crippen LogP contribution in [0, 0.1) is 0 Å². The maximum Gasteiger partial charge on any atom is 0.574 e. The van der Waals surface area contributed by atoms with Crippen molar-refractivity contribution in [3.8, 4) is 5.88 Å². The molecular weight excluding hydrogens is 314 g/mol. The van der Waals surface area contributed by atoms with Gasteiger partial charge in [0.05, 0.1) is 10.6 Å². The van der Waals surface area contributed by atoms with Crippen LogP contribution in [-0.4, -0.2) is 11.3 Å². The second-order valence-electron chi connectivity index (χ2n) is 3.05. The van der Waals surface area contributed by atoms with Crippen LogP contribution in [0.2, 0.25) is 5.02 Å². The Balaban J connectivity index is 3.45. The zero-order valence-corrected chi connectivity index (χ0v) is 9.17. The number of hydrogen-bond acceptors (Lipinski definition) is 2. The van der Waals surface area contributed by atoms with Crippen molar-refractivity contribution in [2.45, 2.75) is 19.0 Å². The fraction of sp³-hybridized carbons (Fsp3) is 0.375. The lowest BCUT2D eigenvalue weighted by atomic mass is 10.2. The molecule has 108 valence electrons. The molecule has 0 radical (unpaired) electrons. The van der Waals surface area contributed by atoms with Gasteiger partial charge in [0.25, 0.3) is 6.43 Å². The number of nitrogens with zero attached hydrogens (tertiary/aromatic N) is 1. The molecule has 0 atom stereocenters. The van der Waals surface area contributed by atoms with Crippen LogP contribution in [-0.2, 0) is 6.18 Å². The minimum Gasteiger partial charge on any atom is -0.387 e. The van der Waals surface area contributed by atoms with Crippen molar-refractivity contribution >= 4 is 11.6 Å². The smallest absolute Gasteiger partial charge is 0.387 e. The van der Waals surface area contributed by atoms with Crippen molar-refractivity contribution in [1.82, 2.24) is 4.98 Å². The Labute approximate surface area is 104 Å². The molecule has 0 saturated carbocycles. The highest BCUT2D eigenvalue weighted by Crippen LogP contribution is 2.44. The van der Waals surface area contributed by atoms with Crippen LogP contribution < -0.4 is 4.74 Å². The van der Waals surface area contributed by atoms with E-state index in [9.17, 15) is 35.1 Å². The Morgan fingerprint density at radius 1 is 1.11 bits per heavy atom. The summed E-state index contributed by atoms with van der Waals surface area (Å²) in [5.74, 6) is -1.94. The number of rotatable bonds is 2. The standard InChI is InChI=1S/C8H2ClF8NO/c9-4-2(5(10)11)1-18-6(19-8(15,16)17)3(4)7(12,13)14/h1,5H. The Morgan fingerprint density at radius 2 is 1.63 bits per heavy atom. The molecule has 0 fully saturated rings. The van der Waals surface area contributed by atoms with E-state index in [-0.39, 0.29) is 6.20 Å². The van der Waals surface area contributed by atoms with Crippen LogP contribution in [0.5, 0.6) is 5.88 Å². The third-order valence-corrected chi connectivity index (χ3v) is 2.15. The molecule has 1 aromatic rings. The molecule has 0 aromatic carbocycles. The van der Waals surface area contributed by atoms with E-state index in [2.05, 4.69) is 9.72 Å². The van der Waals surface area contributed by atoms with Crippen LogP contribution in [0.4, 0.5) is 35.1 Å². The van der Waals surface area contributed by atoms with Crippen LogP contribution in [0.25, 0.3) is 0 Å². The molecule has 0 bridgehead atoms. The average molecular weight is 316 g/mol. The second kappa shape index (κ2) is 4.99. The van der Waals surface area contributed by atoms with E-state index in [0.717, 1.165) is 0 Å². The predicted octanol–water partition coefficient (Wildman–Crippen LogP) is 4.59. The number of ether oxygens (including phenoxy) is 1. The number of alkyl halides is 8. The Bertz CT molecular complexity index is 469. The van der Waals surface area contributed by atoms with Crippen molar-refractivity contribution < 1.29 is 39.9 Å². The van der Waals surface area contributed by atoms with Gasteiger partial charge in [-0.05, 0) is 0 Å². The topological polar surface area (TPSA) is 22.1 Å². The highest BCUT2D eigenvalue weighted by molar-refractivity contribution is 6.32. The Hall–Kier alpha value is -1.32. The van der Waals surface area contributed by atoms with E-state index in [1.54, 1.807) is 0 Å². The number of halogens is 9. The highest BCUT2D eigenvalue weighted by atomic mass is 35.5. The van der Waals surface area contributed by atoms with Crippen molar-refractivity contribution in [2.75, 3.05) is 0 Å². The largest absolute Gasteiger partial charge is 0.574 e. The van der Waals surface area contributed by atoms with Gasteiger partial charge in [0, 0.05) is 6.20 Å². The molecule has 0 aliphatic carbocycles. The summed E-state index contributed by atoms with van der Waals surface area (Å²) in [6.45, 7) is 0. The van der Waals surface area contributed by atoms with Gasteiger partial charge in [-0.15, -0.1) is 13.2 Å². The van der Waals surface area contributed by atoms with E-state index in [0.29, 0.717) is 0 Å². The summed E-state index contributed by atoms with van der Waals surface area (Å²) in [5, 5.41) is -1.59. The van der Waals surface area contributed by atoms with Crippen LogP contribution in [0.1, 0.15) is 17.6 Å². The van der Waals surface area contributed by atoms with E-state index in [1.807, 2.05) is 0 Å². The predicted molar refractivity (Wildman–Crippen MR) is 45.9 cm³/mol. The first-order valence-electron chi connectivity index (χ1n) is 4.23. The number of hydrogen-bond donors (Lipinski definition) is 0. The lowest BCUT2D eigenvalue weighted by Crippen LogP contribution is -2.21. The van der Waals surface area contributed by atoms with Gasteiger partial charge in [-0.1, -0.05) is 11.6 Å². The first-order chi connectivity index (χ1) is 8.43. The molecule has 0 spiro atoms. The minimum absolute atomic E-state index is 0.0866. The van der Waals surface area contributed by atoms with Crippen molar-refractivity contribution in [2.24, 2.45) is 0 Å². The van der Waals surface area contributed by atoms with Gasteiger partial charge in [-0.25, -0.2) is 13.8 Å². The molecule has 0 aliphatic heterocycles. The molecule has 1 heterocycles. The molecule has 0 saturated heterocycles. The molecule has 19 heavy (non-hydrogen) atoms. The summed E-state index contributed by atoms with van der Waals surface area (Å²) < 4.78 is 101. The van der Waals surface area contributed by atoms with E-state index in [1.165, 1.54) is 0 Å². The molecule has 0 aliphatic rings. The van der Waals surface area contributed by atoms with E-state index < -0.39 is 41.0 Å². The van der Waals surface area contributed by atoms with Gasteiger partial charge in [0.2, 0.25) is 5.88 Å². The van der Waals surface area contributed by atoms with Gasteiger partial charge in [0.15, 0.2) is 0 Å². The monoisotopic (exact) mass is 315 g/mol. The minimum atomic E-state index is -5.47. The lowest BCUT2D eigenvalue weighted by Gasteiger charge is -2.17. The molecule has 0 amide bonds. The summed E-state index contributed by atoms with van der Waals surface area (Å²) in [6.07, 6.45) is -14.2. The molecular formula is C8H2ClF8NO. The van der Waals surface area contributed by atoms with Crippen molar-refractivity contribution in [3.63, 3.8) is 0 Å². The number of aromatic nitrogens is 1. The van der Waals surface area contributed by atoms with Crippen molar-refractivity contribution in [1.29, 1.82) is 0 Å². The average Bonchev–Trinajstić information content (AvgIpc) is 2.11. The van der Waals surface area contributed by atoms with Gasteiger partial charge >= 0.3 is 12.5 Å². The fourth-order valence-corrected chi connectivity index (χ4v) is 1.39. The summed E-state index contributed by atoms with van der Waals surface area (Å²) in [7, 11) is 0. The zero-order valence-electron chi connectivity index (χ0n) is 8.41. The van der Waals surface area contributed by atoms with E-state index in [4.69, 9.17) is 11.6 Å².